The molecular formula is C22H18BrN3O2S2. The Labute approximate surface area is 188 Å². The summed E-state index contributed by atoms with van der Waals surface area (Å²) in [6, 6.07) is 26.1. The van der Waals surface area contributed by atoms with Gasteiger partial charge in [-0.1, -0.05) is 76.2 Å². The molecule has 0 saturated carbocycles. The molecule has 0 radical (unpaired) electrons. The van der Waals surface area contributed by atoms with Gasteiger partial charge in [0.05, 0.1) is 4.90 Å². The maximum absolute atomic E-state index is 12.9. The van der Waals surface area contributed by atoms with Crippen LogP contribution in [-0.2, 0) is 21.3 Å². The summed E-state index contributed by atoms with van der Waals surface area (Å²) in [5, 5.41) is 9.20. The second-order valence-electron chi connectivity index (χ2n) is 6.56. The van der Waals surface area contributed by atoms with E-state index in [-0.39, 0.29) is 10.6 Å². The maximum atomic E-state index is 12.9. The van der Waals surface area contributed by atoms with Crippen LogP contribution < -0.4 is 0 Å². The van der Waals surface area contributed by atoms with Gasteiger partial charge in [0.1, 0.15) is 5.75 Å². The molecule has 152 valence electrons. The van der Waals surface area contributed by atoms with Crippen molar-refractivity contribution in [3.63, 3.8) is 0 Å². The number of hydrogen-bond acceptors (Lipinski definition) is 5. The van der Waals surface area contributed by atoms with Crippen LogP contribution >= 0.6 is 27.7 Å². The van der Waals surface area contributed by atoms with E-state index in [9.17, 15) is 8.42 Å². The molecule has 0 spiro atoms. The lowest BCUT2D eigenvalue weighted by Gasteiger charge is -2.11. The molecule has 0 aliphatic heterocycles. The van der Waals surface area contributed by atoms with E-state index >= 15 is 0 Å². The number of rotatable bonds is 7. The predicted molar refractivity (Wildman–Crippen MR) is 122 cm³/mol. The van der Waals surface area contributed by atoms with Crippen LogP contribution in [0.5, 0.6) is 0 Å². The van der Waals surface area contributed by atoms with Gasteiger partial charge in [0.25, 0.3) is 0 Å². The fraction of sp³-hybridized carbons (Fsp3) is 0.0909. The molecule has 0 bridgehead atoms. The van der Waals surface area contributed by atoms with Gasteiger partial charge in [-0.3, -0.25) is 4.57 Å². The number of para-hydroxylation sites is 1. The van der Waals surface area contributed by atoms with Crippen LogP contribution in [0.3, 0.4) is 0 Å². The predicted octanol–water partition coefficient (Wildman–Crippen LogP) is 5.30. The zero-order valence-corrected chi connectivity index (χ0v) is 19.1. The van der Waals surface area contributed by atoms with Crippen LogP contribution in [0.1, 0.15) is 11.4 Å². The number of sulfone groups is 1. The summed E-state index contributed by atoms with van der Waals surface area (Å²) in [6.07, 6.45) is 0. The Balaban J connectivity index is 1.66. The second-order valence-corrected chi connectivity index (χ2v) is 10.4. The molecule has 4 aromatic rings. The van der Waals surface area contributed by atoms with Gasteiger partial charge in [-0.2, -0.15) is 0 Å². The molecule has 1 heterocycles. The highest BCUT2D eigenvalue weighted by molar-refractivity contribution is 9.10. The largest absolute Gasteiger partial charge is 0.273 e. The van der Waals surface area contributed by atoms with Crippen LogP contribution in [0.15, 0.2) is 99.5 Å². The molecular weight excluding hydrogens is 482 g/mol. The first kappa shape index (κ1) is 20.8. The zero-order valence-electron chi connectivity index (χ0n) is 15.8. The normalized spacial score (nSPS) is 11.5. The van der Waals surface area contributed by atoms with E-state index < -0.39 is 9.84 Å². The van der Waals surface area contributed by atoms with Gasteiger partial charge in [-0.15, -0.1) is 10.2 Å². The maximum Gasteiger partial charge on any atom is 0.196 e. The molecule has 1 aromatic heterocycles. The number of hydrogen-bond donors (Lipinski definition) is 0. The van der Waals surface area contributed by atoms with E-state index in [4.69, 9.17) is 0 Å². The number of aromatic nitrogens is 3. The monoisotopic (exact) mass is 499 g/mol. The molecule has 0 N–H and O–H groups in total. The first-order valence-electron chi connectivity index (χ1n) is 9.18. The lowest BCUT2D eigenvalue weighted by Crippen LogP contribution is -2.11. The Morgan fingerprint density at radius 1 is 0.833 bits per heavy atom. The van der Waals surface area contributed by atoms with Crippen molar-refractivity contribution in [2.24, 2.45) is 0 Å². The van der Waals surface area contributed by atoms with Crippen LogP contribution in [0.25, 0.3) is 5.69 Å². The molecule has 0 amide bonds. The Hall–Kier alpha value is -2.42. The van der Waals surface area contributed by atoms with E-state index in [1.807, 2.05) is 59.2 Å². The average Bonchev–Trinajstić information content (AvgIpc) is 3.16. The highest BCUT2D eigenvalue weighted by Gasteiger charge is 2.22. The molecule has 0 aliphatic rings. The molecule has 0 aliphatic carbocycles. The third-order valence-electron chi connectivity index (χ3n) is 4.42. The van der Waals surface area contributed by atoms with Crippen LogP contribution in [-0.4, -0.2) is 23.2 Å². The van der Waals surface area contributed by atoms with Crippen molar-refractivity contribution < 1.29 is 8.42 Å². The highest BCUT2D eigenvalue weighted by atomic mass is 79.9. The zero-order chi connectivity index (χ0) is 21.0. The number of benzene rings is 3. The molecule has 4 rings (SSSR count). The van der Waals surface area contributed by atoms with Crippen molar-refractivity contribution >= 4 is 37.5 Å². The Morgan fingerprint density at radius 2 is 1.47 bits per heavy atom. The van der Waals surface area contributed by atoms with Gasteiger partial charge in [0, 0.05) is 15.9 Å². The fourth-order valence-corrected chi connectivity index (χ4v) is 5.39. The van der Waals surface area contributed by atoms with Crippen molar-refractivity contribution in [1.82, 2.24) is 14.8 Å². The van der Waals surface area contributed by atoms with E-state index in [0.29, 0.717) is 16.7 Å². The SMILES string of the molecule is O=S(=O)(Cc1nnc(SCc2ccc(Br)cc2)n1-c1ccccc1)c1ccccc1. The van der Waals surface area contributed by atoms with Crippen LogP contribution in [0, 0.1) is 0 Å². The van der Waals surface area contributed by atoms with E-state index in [2.05, 4.69) is 26.1 Å². The fourth-order valence-electron chi connectivity index (χ4n) is 2.93. The van der Waals surface area contributed by atoms with Gasteiger partial charge in [-0.25, -0.2) is 8.42 Å². The third kappa shape index (κ3) is 4.83. The molecule has 8 heteroatoms. The molecule has 3 aromatic carbocycles. The van der Waals surface area contributed by atoms with E-state index in [1.165, 1.54) is 11.8 Å². The van der Waals surface area contributed by atoms with Crippen LogP contribution in [0.2, 0.25) is 0 Å². The Bertz CT molecular complexity index is 1230. The quantitative estimate of drug-likeness (QED) is 0.323. The van der Waals surface area contributed by atoms with Crippen molar-refractivity contribution in [2.45, 2.75) is 21.6 Å². The van der Waals surface area contributed by atoms with Crippen molar-refractivity contribution in [3.8, 4) is 5.69 Å². The third-order valence-corrected chi connectivity index (χ3v) is 7.57. The standard InChI is InChI=1S/C22H18BrN3O2S2/c23-18-13-11-17(12-14-18)15-29-22-25-24-21(26(22)19-7-3-1-4-8-19)16-30(27,28)20-9-5-2-6-10-20/h1-14H,15-16H2. The number of nitrogens with zero attached hydrogens (tertiary/aromatic N) is 3. The minimum absolute atomic E-state index is 0.224. The molecule has 0 fully saturated rings. The molecule has 0 atom stereocenters. The topological polar surface area (TPSA) is 64.8 Å². The van der Waals surface area contributed by atoms with Gasteiger partial charge in [-0.05, 0) is 42.0 Å². The molecule has 30 heavy (non-hydrogen) atoms. The summed E-state index contributed by atoms with van der Waals surface area (Å²) in [7, 11) is -3.54. The smallest absolute Gasteiger partial charge is 0.196 e. The Kier molecular flexibility index (Phi) is 6.36. The van der Waals surface area contributed by atoms with Crippen molar-refractivity contribution in [1.29, 1.82) is 0 Å². The van der Waals surface area contributed by atoms with Gasteiger partial charge < -0.3 is 0 Å². The lowest BCUT2D eigenvalue weighted by atomic mass is 10.2. The summed E-state index contributed by atoms with van der Waals surface area (Å²) in [4.78, 5) is 0.275. The average molecular weight is 500 g/mol. The summed E-state index contributed by atoms with van der Waals surface area (Å²) >= 11 is 4.97. The van der Waals surface area contributed by atoms with Crippen LogP contribution in [0.4, 0.5) is 0 Å². The van der Waals surface area contributed by atoms with Gasteiger partial charge in [0.15, 0.2) is 20.8 Å². The summed E-state index contributed by atoms with van der Waals surface area (Å²) in [6.45, 7) is 0. The van der Waals surface area contributed by atoms with Gasteiger partial charge >= 0.3 is 0 Å². The summed E-state index contributed by atoms with van der Waals surface area (Å²) in [5.74, 6) is 0.866. The highest BCUT2D eigenvalue weighted by Crippen LogP contribution is 2.27. The van der Waals surface area contributed by atoms with Gasteiger partial charge in [0.2, 0.25) is 0 Å². The van der Waals surface area contributed by atoms with E-state index in [0.717, 1.165) is 15.7 Å². The second kappa shape index (κ2) is 9.16. The first-order chi connectivity index (χ1) is 14.5. The molecule has 0 unspecified atom stereocenters. The summed E-state index contributed by atoms with van der Waals surface area (Å²) < 4.78 is 28.7. The summed E-state index contributed by atoms with van der Waals surface area (Å²) in [5.41, 5.74) is 1.98. The first-order valence-corrected chi connectivity index (χ1v) is 12.6. The minimum Gasteiger partial charge on any atom is -0.273 e. The number of halogens is 1. The van der Waals surface area contributed by atoms with Crippen molar-refractivity contribution in [3.05, 3.63) is 101 Å². The molecule has 5 nitrogen and oxygen atoms in total. The number of thioether (sulfide) groups is 1. The van der Waals surface area contributed by atoms with Crippen molar-refractivity contribution in [2.75, 3.05) is 0 Å². The lowest BCUT2D eigenvalue weighted by molar-refractivity contribution is 0.593. The Morgan fingerprint density at radius 3 is 2.13 bits per heavy atom. The molecule has 0 saturated heterocycles. The minimum atomic E-state index is -3.54. The van der Waals surface area contributed by atoms with E-state index in [1.54, 1.807) is 30.3 Å².